The highest BCUT2D eigenvalue weighted by Gasteiger charge is 2.14. The first-order valence-electron chi connectivity index (χ1n) is 16.2. The van der Waals surface area contributed by atoms with Gasteiger partial charge in [0.1, 0.15) is 0 Å². The Morgan fingerprint density at radius 3 is 1.40 bits per heavy atom. The van der Waals surface area contributed by atoms with Crippen molar-refractivity contribution in [3.05, 3.63) is 176 Å². The molecule has 0 amide bonds. The molecule has 0 aliphatic carbocycles. The minimum Gasteiger partial charge on any atom is -0.208 e. The number of nitrogens with zero attached hydrogens (tertiary/aromatic N) is 3. The van der Waals surface area contributed by atoms with E-state index in [-0.39, 0.29) is 0 Å². The van der Waals surface area contributed by atoms with Gasteiger partial charge in [-0.2, -0.15) is 0 Å². The van der Waals surface area contributed by atoms with Gasteiger partial charge in [0.2, 0.25) is 0 Å². The summed E-state index contributed by atoms with van der Waals surface area (Å²) in [7, 11) is 0. The second-order valence-corrected chi connectivity index (χ2v) is 12.1. The fraction of sp³-hybridized carbons (Fsp3) is 0. The van der Waals surface area contributed by atoms with Crippen LogP contribution in [0.2, 0.25) is 0 Å². The van der Waals surface area contributed by atoms with E-state index in [2.05, 4.69) is 170 Å². The minimum absolute atomic E-state index is 0.641. The van der Waals surface area contributed by atoms with Crippen molar-refractivity contribution >= 4 is 32.3 Å². The van der Waals surface area contributed by atoms with Crippen molar-refractivity contribution in [3.63, 3.8) is 0 Å². The molecular weight excluding hydrogens is 583 g/mol. The first kappa shape index (κ1) is 27.8. The molecule has 1 heterocycles. The number of fused-ring (bicyclic) bond motifs is 4. The Labute approximate surface area is 278 Å². The summed E-state index contributed by atoms with van der Waals surface area (Å²) in [4.78, 5) is 15.2. The topological polar surface area (TPSA) is 38.7 Å². The second kappa shape index (κ2) is 11.7. The van der Waals surface area contributed by atoms with Gasteiger partial charge in [-0.05, 0) is 78.8 Å². The number of hydrogen-bond acceptors (Lipinski definition) is 3. The van der Waals surface area contributed by atoms with Gasteiger partial charge in [0.25, 0.3) is 0 Å². The van der Waals surface area contributed by atoms with Crippen LogP contribution in [0.5, 0.6) is 0 Å². The summed E-state index contributed by atoms with van der Waals surface area (Å²) >= 11 is 0. The van der Waals surface area contributed by atoms with Crippen molar-refractivity contribution in [2.75, 3.05) is 0 Å². The fourth-order valence-electron chi connectivity index (χ4n) is 6.59. The summed E-state index contributed by atoms with van der Waals surface area (Å²) in [6, 6.07) is 61.8. The molecule has 0 spiro atoms. The molecule has 8 aromatic carbocycles. The summed E-state index contributed by atoms with van der Waals surface area (Å²) in [5.74, 6) is 1.93. The van der Waals surface area contributed by atoms with Gasteiger partial charge in [-0.3, -0.25) is 0 Å². The normalized spacial score (nSPS) is 11.3. The standard InChI is InChI=1S/C45H29N3/c1-2-10-30(11-3-1)34-15-8-17-38(27-34)43-46-44(48-45(47-43)40-23-20-31-12-4-5-14-33(31)28-40)39-18-9-16-35(29-39)36-24-25-42-37(26-36)22-21-32-13-6-7-19-41(32)42/h1-29H. The Bertz CT molecular complexity index is 2620. The molecule has 48 heavy (non-hydrogen) atoms. The first-order chi connectivity index (χ1) is 23.7. The van der Waals surface area contributed by atoms with E-state index in [0.717, 1.165) is 44.3 Å². The van der Waals surface area contributed by atoms with E-state index in [0.29, 0.717) is 17.5 Å². The molecule has 0 aliphatic heterocycles. The van der Waals surface area contributed by atoms with Crippen molar-refractivity contribution in [2.45, 2.75) is 0 Å². The molecule has 0 radical (unpaired) electrons. The molecule has 0 saturated heterocycles. The Morgan fingerprint density at radius 2 is 0.667 bits per heavy atom. The zero-order valence-electron chi connectivity index (χ0n) is 26.1. The fourth-order valence-corrected chi connectivity index (χ4v) is 6.59. The van der Waals surface area contributed by atoms with Crippen LogP contribution >= 0.6 is 0 Å². The molecule has 0 fully saturated rings. The Hall–Kier alpha value is -6.45. The van der Waals surface area contributed by atoms with E-state index in [4.69, 9.17) is 15.0 Å². The van der Waals surface area contributed by atoms with Gasteiger partial charge in [0.05, 0.1) is 0 Å². The Kier molecular flexibility index (Phi) is 6.80. The SMILES string of the molecule is c1ccc(-c2cccc(-c3nc(-c4cccc(-c5ccc6c(ccc7ccccc76)c5)c4)nc(-c4ccc5ccccc5c4)n3)c2)cc1. The van der Waals surface area contributed by atoms with Gasteiger partial charge in [0.15, 0.2) is 17.5 Å². The number of benzene rings is 8. The minimum atomic E-state index is 0.641. The average Bonchev–Trinajstić information content (AvgIpc) is 3.17. The average molecular weight is 612 g/mol. The van der Waals surface area contributed by atoms with Crippen LogP contribution in [0.1, 0.15) is 0 Å². The van der Waals surface area contributed by atoms with Crippen LogP contribution in [0.25, 0.3) is 88.7 Å². The highest BCUT2D eigenvalue weighted by atomic mass is 15.0. The Morgan fingerprint density at radius 1 is 0.229 bits per heavy atom. The Balaban J connectivity index is 1.18. The van der Waals surface area contributed by atoms with Crippen molar-refractivity contribution in [2.24, 2.45) is 0 Å². The lowest BCUT2D eigenvalue weighted by Crippen LogP contribution is -2.00. The van der Waals surface area contributed by atoms with Crippen molar-refractivity contribution in [3.8, 4) is 56.4 Å². The molecule has 9 aromatic rings. The van der Waals surface area contributed by atoms with E-state index in [1.54, 1.807) is 0 Å². The lowest BCUT2D eigenvalue weighted by molar-refractivity contribution is 1.07. The van der Waals surface area contributed by atoms with Crippen LogP contribution < -0.4 is 0 Å². The molecule has 3 nitrogen and oxygen atoms in total. The van der Waals surface area contributed by atoms with E-state index >= 15 is 0 Å². The quantitative estimate of drug-likeness (QED) is 0.182. The van der Waals surface area contributed by atoms with Crippen LogP contribution in [0.15, 0.2) is 176 Å². The molecular formula is C45H29N3. The largest absolute Gasteiger partial charge is 0.208 e. The van der Waals surface area contributed by atoms with E-state index < -0.39 is 0 Å². The lowest BCUT2D eigenvalue weighted by Gasteiger charge is -2.11. The lowest BCUT2D eigenvalue weighted by atomic mass is 9.96. The number of rotatable bonds is 5. The monoisotopic (exact) mass is 611 g/mol. The van der Waals surface area contributed by atoms with Gasteiger partial charge in [-0.15, -0.1) is 0 Å². The van der Waals surface area contributed by atoms with Gasteiger partial charge >= 0.3 is 0 Å². The summed E-state index contributed by atoms with van der Waals surface area (Å²) < 4.78 is 0. The van der Waals surface area contributed by atoms with Crippen LogP contribution in [0.4, 0.5) is 0 Å². The first-order valence-corrected chi connectivity index (χ1v) is 16.2. The van der Waals surface area contributed by atoms with Crippen LogP contribution in [-0.4, -0.2) is 15.0 Å². The molecule has 0 bridgehead atoms. The van der Waals surface area contributed by atoms with E-state index in [1.807, 2.05) is 6.07 Å². The van der Waals surface area contributed by atoms with Gasteiger partial charge < -0.3 is 0 Å². The molecule has 9 rings (SSSR count). The van der Waals surface area contributed by atoms with Crippen LogP contribution in [0, 0.1) is 0 Å². The predicted octanol–water partition coefficient (Wildman–Crippen LogP) is 11.7. The molecule has 3 heteroatoms. The highest BCUT2D eigenvalue weighted by Crippen LogP contribution is 2.33. The number of hydrogen-bond donors (Lipinski definition) is 0. The zero-order valence-corrected chi connectivity index (χ0v) is 26.1. The highest BCUT2D eigenvalue weighted by molar-refractivity contribution is 6.08. The van der Waals surface area contributed by atoms with Gasteiger partial charge in [0, 0.05) is 16.7 Å². The van der Waals surface area contributed by atoms with Gasteiger partial charge in [-0.1, -0.05) is 152 Å². The van der Waals surface area contributed by atoms with E-state index in [9.17, 15) is 0 Å². The maximum atomic E-state index is 5.09. The predicted molar refractivity (Wildman–Crippen MR) is 200 cm³/mol. The third kappa shape index (κ3) is 5.18. The summed E-state index contributed by atoms with van der Waals surface area (Å²) in [6.45, 7) is 0. The van der Waals surface area contributed by atoms with Crippen molar-refractivity contribution in [1.29, 1.82) is 0 Å². The molecule has 1 aromatic heterocycles. The maximum absolute atomic E-state index is 5.09. The number of aromatic nitrogens is 3. The zero-order chi connectivity index (χ0) is 31.9. The summed E-state index contributed by atoms with van der Waals surface area (Å²) in [5, 5.41) is 7.33. The molecule has 0 N–H and O–H groups in total. The summed E-state index contributed by atoms with van der Waals surface area (Å²) in [6.07, 6.45) is 0. The van der Waals surface area contributed by atoms with Crippen molar-refractivity contribution in [1.82, 2.24) is 15.0 Å². The second-order valence-electron chi connectivity index (χ2n) is 12.1. The van der Waals surface area contributed by atoms with Crippen molar-refractivity contribution < 1.29 is 0 Å². The van der Waals surface area contributed by atoms with Crippen LogP contribution in [0.3, 0.4) is 0 Å². The molecule has 224 valence electrons. The third-order valence-corrected chi connectivity index (χ3v) is 9.07. The summed E-state index contributed by atoms with van der Waals surface area (Å²) in [5.41, 5.74) is 7.38. The molecule has 0 saturated carbocycles. The molecule has 0 aliphatic rings. The third-order valence-electron chi connectivity index (χ3n) is 9.07. The van der Waals surface area contributed by atoms with E-state index in [1.165, 1.54) is 26.9 Å². The maximum Gasteiger partial charge on any atom is 0.164 e. The van der Waals surface area contributed by atoms with Crippen LogP contribution in [-0.2, 0) is 0 Å². The molecule has 0 unspecified atom stereocenters. The molecule has 0 atom stereocenters. The van der Waals surface area contributed by atoms with Gasteiger partial charge in [-0.25, -0.2) is 15.0 Å². The smallest absolute Gasteiger partial charge is 0.164 e.